The minimum atomic E-state index is -0.0512. The fourth-order valence-electron chi connectivity index (χ4n) is 1.65. The van der Waals surface area contributed by atoms with Crippen molar-refractivity contribution in [3.05, 3.63) is 49.1 Å². The molecule has 0 fully saturated rings. The molecule has 0 N–H and O–H groups in total. The van der Waals surface area contributed by atoms with E-state index in [9.17, 15) is 4.79 Å². The number of carbonyl (C=O) groups is 1. The van der Waals surface area contributed by atoms with Crippen molar-refractivity contribution in [1.82, 2.24) is 14.5 Å². The van der Waals surface area contributed by atoms with E-state index in [0.29, 0.717) is 18.7 Å². The van der Waals surface area contributed by atoms with Crippen molar-refractivity contribution in [2.24, 2.45) is 0 Å². The van der Waals surface area contributed by atoms with Gasteiger partial charge in [0.15, 0.2) is 0 Å². The molecule has 0 spiro atoms. The van der Waals surface area contributed by atoms with Gasteiger partial charge in [-0.05, 0) is 29.7 Å². The first-order chi connectivity index (χ1) is 8.76. The minimum Gasteiger partial charge on any atom is -0.331 e. The Hall–Kier alpha value is -2.01. The highest BCUT2D eigenvalue weighted by molar-refractivity contribution is 7.12. The highest BCUT2D eigenvalue weighted by Gasteiger charge is 2.14. The zero-order valence-corrected chi connectivity index (χ0v) is 10.7. The lowest BCUT2D eigenvalue weighted by Gasteiger charge is -2.19. The third-order valence-corrected chi connectivity index (χ3v) is 3.19. The van der Waals surface area contributed by atoms with E-state index in [0.717, 1.165) is 10.2 Å². The number of carbonyl (C=O) groups excluding carboxylic acids is 1. The molecule has 92 valence electrons. The smallest absolute Gasteiger partial charge is 0.254 e. The van der Waals surface area contributed by atoms with E-state index in [1.54, 1.807) is 29.2 Å². The Morgan fingerprint density at radius 1 is 1.33 bits per heavy atom. The van der Waals surface area contributed by atoms with Gasteiger partial charge in [-0.15, -0.1) is 18.3 Å². The minimum absolute atomic E-state index is 0.0512. The molecule has 2 rings (SSSR count). The summed E-state index contributed by atoms with van der Waals surface area (Å²) in [6.45, 7) is 8.30. The average Bonchev–Trinajstić information content (AvgIpc) is 2.84. The third-order valence-electron chi connectivity index (χ3n) is 2.48. The average molecular weight is 259 g/mol. The summed E-state index contributed by atoms with van der Waals surface area (Å²) in [6.07, 6.45) is 3.40. The van der Waals surface area contributed by atoms with Crippen LogP contribution in [-0.2, 0) is 0 Å². The van der Waals surface area contributed by atoms with Crippen molar-refractivity contribution >= 4 is 27.7 Å². The summed E-state index contributed by atoms with van der Waals surface area (Å²) in [5, 5.41) is 3.97. The monoisotopic (exact) mass is 259 g/mol. The summed E-state index contributed by atoms with van der Waals surface area (Å²) in [4.78, 5) is 13.9. The molecule has 5 heteroatoms. The predicted octanol–water partition coefficient (Wildman–Crippen LogP) is 2.51. The van der Waals surface area contributed by atoms with Crippen LogP contribution in [0.3, 0.4) is 0 Å². The topological polar surface area (TPSA) is 46.1 Å². The normalized spacial score (nSPS) is 10.2. The molecule has 0 atom stereocenters. The van der Waals surface area contributed by atoms with Crippen molar-refractivity contribution in [3.8, 4) is 0 Å². The Morgan fingerprint density at radius 2 is 2.06 bits per heavy atom. The van der Waals surface area contributed by atoms with Gasteiger partial charge in [0.25, 0.3) is 5.91 Å². The quantitative estimate of drug-likeness (QED) is 0.775. The third kappa shape index (κ3) is 2.46. The predicted molar refractivity (Wildman–Crippen MR) is 73.7 cm³/mol. The Balaban J connectivity index is 2.29. The molecular formula is C13H13N3OS. The number of benzene rings is 1. The number of amides is 1. The number of aromatic nitrogens is 2. The molecule has 4 nitrogen and oxygen atoms in total. The van der Waals surface area contributed by atoms with Gasteiger partial charge < -0.3 is 4.90 Å². The standard InChI is InChI=1S/C13H13N3OS/c1-3-7-16(8-4-2)13(17)10-5-6-12-11(9-10)14-15-18-12/h3-6,9H,1-2,7-8H2. The van der Waals surface area contributed by atoms with Crippen molar-refractivity contribution in [2.75, 3.05) is 13.1 Å². The molecule has 0 bridgehead atoms. The molecule has 1 amide bonds. The van der Waals surface area contributed by atoms with Gasteiger partial charge in [0.1, 0.15) is 5.52 Å². The lowest BCUT2D eigenvalue weighted by atomic mass is 10.2. The van der Waals surface area contributed by atoms with E-state index in [1.165, 1.54) is 11.5 Å². The van der Waals surface area contributed by atoms with Gasteiger partial charge in [0.2, 0.25) is 0 Å². The number of nitrogens with zero attached hydrogens (tertiary/aromatic N) is 3. The van der Waals surface area contributed by atoms with Gasteiger partial charge in [0.05, 0.1) is 4.70 Å². The van der Waals surface area contributed by atoms with E-state index in [1.807, 2.05) is 6.07 Å². The summed E-state index contributed by atoms with van der Waals surface area (Å²) in [6, 6.07) is 5.43. The maximum absolute atomic E-state index is 12.3. The molecule has 1 aromatic carbocycles. The van der Waals surface area contributed by atoms with E-state index in [4.69, 9.17) is 0 Å². The second kappa shape index (κ2) is 5.55. The first-order valence-electron chi connectivity index (χ1n) is 5.49. The SMILES string of the molecule is C=CCN(CC=C)C(=O)c1ccc2snnc2c1. The van der Waals surface area contributed by atoms with Gasteiger partial charge >= 0.3 is 0 Å². The highest BCUT2D eigenvalue weighted by atomic mass is 32.1. The molecule has 1 heterocycles. The van der Waals surface area contributed by atoms with E-state index in [2.05, 4.69) is 22.7 Å². The van der Waals surface area contributed by atoms with E-state index < -0.39 is 0 Å². The van der Waals surface area contributed by atoms with E-state index in [-0.39, 0.29) is 5.91 Å². The van der Waals surface area contributed by atoms with Crippen molar-refractivity contribution in [3.63, 3.8) is 0 Å². The number of hydrogen-bond acceptors (Lipinski definition) is 4. The number of rotatable bonds is 5. The van der Waals surface area contributed by atoms with E-state index >= 15 is 0 Å². The van der Waals surface area contributed by atoms with Crippen LogP contribution in [0.4, 0.5) is 0 Å². The molecule has 1 aromatic heterocycles. The molecule has 0 saturated heterocycles. The molecule has 0 unspecified atom stereocenters. The molecule has 0 aliphatic carbocycles. The van der Waals surface area contributed by atoms with Crippen LogP contribution >= 0.6 is 11.5 Å². The summed E-state index contributed by atoms with van der Waals surface area (Å²) in [5.41, 5.74) is 1.36. The maximum atomic E-state index is 12.3. The molecule has 18 heavy (non-hydrogen) atoms. The first kappa shape index (κ1) is 12.4. The Kier molecular flexibility index (Phi) is 3.84. The Morgan fingerprint density at radius 3 is 2.72 bits per heavy atom. The fraction of sp³-hybridized carbons (Fsp3) is 0.154. The summed E-state index contributed by atoms with van der Waals surface area (Å²) in [7, 11) is 0. The number of hydrogen-bond donors (Lipinski definition) is 0. The van der Waals surface area contributed by atoms with Crippen molar-refractivity contribution in [1.29, 1.82) is 0 Å². The van der Waals surface area contributed by atoms with Gasteiger partial charge in [-0.2, -0.15) is 0 Å². The van der Waals surface area contributed by atoms with Crippen LogP contribution in [0.15, 0.2) is 43.5 Å². The van der Waals surface area contributed by atoms with Gasteiger partial charge in [-0.1, -0.05) is 16.6 Å². The first-order valence-corrected chi connectivity index (χ1v) is 6.26. The van der Waals surface area contributed by atoms with Gasteiger partial charge in [-0.25, -0.2) is 0 Å². The van der Waals surface area contributed by atoms with Crippen LogP contribution in [0.1, 0.15) is 10.4 Å². The van der Waals surface area contributed by atoms with Crippen LogP contribution in [-0.4, -0.2) is 33.5 Å². The van der Waals surface area contributed by atoms with Crippen LogP contribution < -0.4 is 0 Å². The van der Waals surface area contributed by atoms with Gasteiger partial charge in [-0.3, -0.25) is 4.79 Å². The zero-order chi connectivity index (χ0) is 13.0. The Labute approximate surface area is 109 Å². The molecular weight excluding hydrogens is 246 g/mol. The largest absolute Gasteiger partial charge is 0.331 e. The lowest BCUT2D eigenvalue weighted by molar-refractivity contribution is 0.0791. The second-order valence-electron chi connectivity index (χ2n) is 3.74. The molecule has 0 aliphatic rings. The summed E-state index contributed by atoms with van der Waals surface area (Å²) < 4.78 is 4.83. The summed E-state index contributed by atoms with van der Waals surface area (Å²) >= 11 is 1.32. The van der Waals surface area contributed by atoms with Crippen LogP contribution in [0, 0.1) is 0 Å². The lowest BCUT2D eigenvalue weighted by Crippen LogP contribution is -2.31. The highest BCUT2D eigenvalue weighted by Crippen LogP contribution is 2.17. The van der Waals surface area contributed by atoms with Crippen LogP contribution in [0.5, 0.6) is 0 Å². The van der Waals surface area contributed by atoms with Crippen molar-refractivity contribution < 1.29 is 4.79 Å². The van der Waals surface area contributed by atoms with Crippen LogP contribution in [0.25, 0.3) is 10.2 Å². The van der Waals surface area contributed by atoms with Crippen LogP contribution in [0.2, 0.25) is 0 Å². The molecule has 2 aromatic rings. The maximum Gasteiger partial charge on any atom is 0.254 e. The Bertz CT molecular complexity index is 581. The second-order valence-corrected chi connectivity index (χ2v) is 4.53. The molecule has 0 aliphatic heterocycles. The zero-order valence-electron chi connectivity index (χ0n) is 9.87. The van der Waals surface area contributed by atoms with Crippen molar-refractivity contribution in [2.45, 2.75) is 0 Å². The molecule has 0 saturated carbocycles. The number of fused-ring (bicyclic) bond motifs is 1. The van der Waals surface area contributed by atoms with Gasteiger partial charge in [0, 0.05) is 18.7 Å². The fourth-order valence-corrected chi connectivity index (χ4v) is 2.19. The summed E-state index contributed by atoms with van der Waals surface area (Å²) in [5.74, 6) is -0.0512. The molecule has 0 radical (unpaired) electrons.